The highest BCUT2D eigenvalue weighted by Gasteiger charge is 2.02. The van der Waals surface area contributed by atoms with Gasteiger partial charge in [-0.1, -0.05) is 11.6 Å². The topological polar surface area (TPSA) is 0 Å². The standard InChI is InChI=1S/C8H4ClIS2/c9-5-3-7-4(1-6(5)10)2-8(11)12-7/h1-3,11H. The van der Waals surface area contributed by atoms with Crippen molar-refractivity contribution in [1.82, 2.24) is 0 Å². The summed E-state index contributed by atoms with van der Waals surface area (Å²) in [6, 6.07) is 6.12. The predicted molar refractivity (Wildman–Crippen MR) is 66.8 cm³/mol. The summed E-state index contributed by atoms with van der Waals surface area (Å²) < 4.78 is 3.32. The number of hydrogen-bond donors (Lipinski definition) is 1. The summed E-state index contributed by atoms with van der Waals surface area (Å²) in [4.78, 5) is 0. The van der Waals surface area contributed by atoms with E-state index in [0.717, 1.165) is 12.8 Å². The number of fused-ring (bicyclic) bond motifs is 1. The van der Waals surface area contributed by atoms with Gasteiger partial charge in [-0.3, -0.25) is 0 Å². The highest BCUT2D eigenvalue weighted by atomic mass is 127. The second-order valence-corrected chi connectivity index (χ2v) is 5.83. The van der Waals surface area contributed by atoms with Gasteiger partial charge >= 0.3 is 0 Å². The van der Waals surface area contributed by atoms with Gasteiger partial charge in [0.05, 0.1) is 9.23 Å². The van der Waals surface area contributed by atoms with Crippen molar-refractivity contribution in [3.63, 3.8) is 0 Å². The van der Waals surface area contributed by atoms with Gasteiger partial charge in [-0.05, 0) is 46.2 Å². The van der Waals surface area contributed by atoms with Crippen molar-refractivity contribution in [2.75, 3.05) is 0 Å². The van der Waals surface area contributed by atoms with Crippen LogP contribution in [0.15, 0.2) is 22.4 Å². The second-order valence-electron chi connectivity index (χ2n) is 2.39. The lowest BCUT2D eigenvalue weighted by Crippen LogP contribution is -1.71. The fraction of sp³-hybridized carbons (Fsp3) is 0. The highest BCUT2D eigenvalue weighted by Crippen LogP contribution is 2.32. The Morgan fingerprint density at radius 3 is 2.83 bits per heavy atom. The second kappa shape index (κ2) is 3.36. The summed E-state index contributed by atoms with van der Waals surface area (Å²) in [6.45, 7) is 0. The Kier molecular flexibility index (Phi) is 2.56. The zero-order valence-electron chi connectivity index (χ0n) is 5.84. The molecule has 1 aromatic carbocycles. The summed E-state index contributed by atoms with van der Waals surface area (Å²) >= 11 is 14.1. The maximum atomic E-state index is 5.97. The van der Waals surface area contributed by atoms with E-state index < -0.39 is 0 Å². The Bertz CT molecular complexity index is 397. The molecule has 4 heteroatoms. The fourth-order valence-corrected chi connectivity index (χ4v) is 3.00. The quantitative estimate of drug-likeness (QED) is 0.537. The average Bonchev–Trinajstić information content (AvgIpc) is 2.30. The molecule has 0 saturated carbocycles. The van der Waals surface area contributed by atoms with Crippen molar-refractivity contribution in [3.05, 3.63) is 26.8 Å². The maximum Gasteiger partial charge on any atom is 0.0580 e. The van der Waals surface area contributed by atoms with Crippen molar-refractivity contribution in [2.45, 2.75) is 4.21 Å². The van der Waals surface area contributed by atoms with E-state index >= 15 is 0 Å². The molecule has 0 radical (unpaired) electrons. The molecule has 1 heterocycles. The Labute approximate surface area is 98.5 Å². The number of rotatable bonds is 0. The first-order valence-electron chi connectivity index (χ1n) is 3.24. The molecule has 2 rings (SSSR count). The lowest BCUT2D eigenvalue weighted by Gasteiger charge is -1.94. The van der Waals surface area contributed by atoms with Crippen LogP contribution in [0.2, 0.25) is 5.02 Å². The van der Waals surface area contributed by atoms with E-state index in [-0.39, 0.29) is 0 Å². The van der Waals surface area contributed by atoms with Crippen molar-refractivity contribution in [2.24, 2.45) is 0 Å². The van der Waals surface area contributed by atoms with Gasteiger partial charge in [0, 0.05) is 8.27 Å². The molecule has 12 heavy (non-hydrogen) atoms. The third kappa shape index (κ3) is 1.60. The van der Waals surface area contributed by atoms with E-state index in [1.165, 1.54) is 10.1 Å². The molecule has 0 N–H and O–H groups in total. The number of thiol groups is 1. The first kappa shape index (κ1) is 9.12. The Hall–Kier alpha value is 0.550. The normalized spacial score (nSPS) is 10.9. The molecule has 0 bridgehead atoms. The molecule has 0 atom stereocenters. The van der Waals surface area contributed by atoms with Crippen LogP contribution in [0.25, 0.3) is 10.1 Å². The maximum absolute atomic E-state index is 5.97. The average molecular weight is 327 g/mol. The molecule has 0 aliphatic carbocycles. The molecule has 0 spiro atoms. The van der Waals surface area contributed by atoms with Crippen LogP contribution in [0.5, 0.6) is 0 Å². The van der Waals surface area contributed by atoms with Crippen molar-refractivity contribution in [1.29, 1.82) is 0 Å². The molecule has 2 aromatic rings. The molecular weight excluding hydrogens is 323 g/mol. The minimum atomic E-state index is 0.818. The van der Waals surface area contributed by atoms with Crippen LogP contribution in [-0.4, -0.2) is 0 Å². The largest absolute Gasteiger partial charge is 0.133 e. The summed E-state index contributed by atoms with van der Waals surface area (Å²) in [5.41, 5.74) is 0. The van der Waals surface area contributed by atoms with Crippen molar-refractivity contribution in [3.8, 4) is 0 Å². The predicted octanol–water partition coefficient (Wildman–Crippen LogP) is 4.45. The van der Waals surface area contributed by atoms with E-state index in [0.29, 0.717) is 0 Å². The molecule has 0 nitrogen and oxygen atoms in total. The first-order valence-corrected chi connectivity index (χ1v) is 5.96. The third-order valence-corrected chi connectivity index (χ3v) is 4.37. The van der Waals surface area contributed by atoms with Crippen molar-refractivity contribution < 1.29 is 0 Å². The first-order chi connectivity index (χ1) is 5.66. The number of benzene rings is 1. The molecule has 1 aromatic heterocycles. The van der Waals surface area contributed by atoms with Crippen LogP contribution in [0, 0.1) is 3.57 Å². The van der Waals surface area contributed by atoms with Gasteiger partial charge in [-0.2, -0.15) is 0 Å². The van der Waals surface area contributed by atoms with Crippen molar-refractivity contribution >= 4 is 68.2 Å². The molecule has 0 aliphatic rings. The van der Waals surface area contributed by atoms with Crippen LogP contribution in [0.1, 0.15) is 0 Å². The monoisotopic (exact) mass is 326 g/mol. The Balaban J connectivity index is 2.83. The van der Waals surface area contributed by atoms with Gasteiger partial charge in [-0.15, -0.1) is 24.0 Å². The molecule has 0 fully saturated rings. The third-order valence-electron chi connectivity index (χ3n) is 1.55. The lowest BCUT2D eigenvalue weighted by molar-refractivity contribution is 1.73. The molecule has 0 unspecified atom stereocenters. The molecule has 62 valence electrons. The van der Waals surface area contributed by atoms with Gasteiger partial charge < -0.3 is 0 Å². The van der Waals surface area contributed by atoms with Crippen LogP contribution < -0.4 is 0 Å². The van der Waals surface area contributed by atoms with E-state index in [1.807, 2.05) is 6.07 Å². The number of thiophene rings is 1. The van der Waals surface area contributed by atoms with Gasteiger partial charge in [-0.25, -0.2) is 0 Å². The van der Waals surface area contributed by atoms with Crippen LogP contribution in [-0.2, 0) is 0 Å². The molecular formula is C8H4ClIS2. The minimum Gasteiger partial charge on any atom is -0.133 e. The smallest absolute Gasteiger partial charge is 0.0580 e. The Morgan fingerprint density at radius 1 is 1.33 bits per heavy atom. The van der Waals surface area contributed by atoms with Crippen LogP contribution >= 0.6 is 58.2 Å². The zero-order valence-corrected chi connectivity index (χ0v) is 10.5. The summed E-state index contributed by atoms with van der Waals surface area (Å²) in [6.07, 6.45) is 0. The van der Waals surface area contributed by atoms with Crippen LogP contribution in [0.4, 0.5) is 0 Å². The fourth-order valence-electron chi connectivity index (χ4n) is 1.02. The number of hydrogen-bond acceptors (Lipinski definition) is 2. The van der Waals surface area contributed by atoms with Crippen LogP contribution in [0.3, 0.4) is 0 Å². The highest BCUT2D eigenvalue weighted by molar-refractivity contribution is 14.1. The molecule has 0 amide bonds. The van der Waals surface area contributed by atoms with Gasteiger partial charge in [0.2, 0.25) is 0 Å². The Morgan fingerprint density at radius 2 is 2.08 bits per heavy atom. The summed E-state index contributed by atoms with van der Waals surface area (Å²) in [5, 5.41) is 2.04. The minimum absolute atomic E-state index is 0.818. The number of halogens is 2. The summed E-state index contributed by atoms with van der Waals surface area (Å²) in [5.74, 6) is 0. The van der Waals surface area contributed by atoms with E-state index in [9.17, 15) is 0 Å². The van der Waals surface area contributed by atoms with Gasteiger partial charge in [0.15, 0.2) is 0 Å². The SMILES string of the molecule is Sc1cc2cc(I)c(Cl)cc2s1. The molecule has 0 aliphatic heterocycles. The van der Waals surface area contributed by atoms with Gasteiger partial charge in [0.25, 0.3) is 0 Å². The van der Waals surface area contributed by atoms with E-state index in [4.69, 9.17) is 11.6 Å². The lowest BCUT2D eigenvalue weighted by atomic mass is 10.3. The van der Waals surface area contributed by atoms with Gasteiger partial charge in [0.1, 0.15) is 0 Å². The summed E-state index contributed by atoms with van der Waals surface area (Å²) in [7, 11) is 0. The zero-order chi connectivity index (χ0) is 8.72. The van der Waals surface area contributed by atoms with E-state index in [2.05, 4.69) is 47.4 Å². The molecule has 0 saturated heterocycles. The van der Waals surface area contributed by atoms with E-state index in [1.54, 1.807) is 11.3 Å².